The Bertz CT molecular complexity index is 799. The third-order valence-electron chi connectivity index (χ3n) is 2.75. The maximum absolute atomic E-state index is 12.2. The van der Waals surface area contributed by atoms with Gasteiger partial charge in [-0.15, -0.1) is 10.2 Å². The molecule has 1 amide bonds. The average molecular weight is 350 g/mol. The number of halogens is 2. The van der Waals surface area contributed by atoms with Crippen molar-refractivity contribution in [1.82, 2.24) is 10.2 Å². The number of amides is 1. The maximum Gasteiger partial charge on any atom is 0.387 e. The molecule has 1 aromatic carbocycles. The van der Waals surface area contributed by atoms with Crippen LogP contribution in [0.15, 0.2) is 29.8 Å². The molecule has 0 aliphatic carbocycles. The third kappa shape index (κ3) is 4.82. The Kier molecular flexibility index (Phi) is 5.92. The molecule has 0 saturated heterocycles. The topological polar surface area (TPSA) is 87.9 Å². The number of hydrogen-bond donors (Lipinski definition) is 1. The lowest BCUT2D eigenvalue weighted by molar-refractivity contribution is -0.112. The molecular formula is C15H12F2N4O2S. The van der Waals surface area contributed by atoms with Gasteiger partial charge in [-0.1, -0.05) is 30.4 Å². The van der Waals surface area contributed by atoms with Gasteiger partial charge < -0.3 is 4.74 Å². The second-order valence-electron chi connectivity index (χ2n) is 4.43. The number of carbonyl (C=O) groups is 1. The summed E-state index contributed by atoms with van der Waals surface area (Å²) in [5, 5.41) is 20.3. The fraction of sp³-hybridized carbons (Fsp3) is 0.200. The van der Waals surface area contributed by atoms with Crippen molar-refractivity contribution >= 4 is 28.5 Å². The molecule has 1 heterocycles. The SMILES string of the molecule is CCc1nnc(NC(=O)/C(C#N)=C\c2cccc(OC(F)F)c2)s1. The number of anilines is 1. The Hall–Kier alpha value is -2.86. The monoisotopic (exact) mass is 350 g/mol. The molecule has 6 nitrogen and oxygen atoms in total. The van der Waals surface area contributed by atoms with Crippen LogP contribution in [-0.4, -0.2) is 22.7 Å². The number of nitrogens with zero attached hydrogens (tertiary/aromatic N) is 3. The van der Waals surface area contributed by atoms with Crippen molar-refractivity contribution < 1.29 is 18.3 Å². The van der Waals surface area contributed by atoms with Crippen LogP contribution in [0.25, 0.3) is 6.08 Å². The van der Waals surface area contributed by atoms with E-state index in [0.29, 0.717) is 12.0 Å². The molecule has 0 fully saturated rings. The molecule has 0 saturated carbocycles. The minimum absolute atomic E-state index is 0.0619. The highest BCUT2D eigenvalue weighted by atomic mass is 32.1. The van der Waals surface area contributed by atoms with Crippen molar-refractivity contribution in [3.63, 3.8) is 0 Å². The fourth-order valence-corrected chi connectivity index (χ4v) is 2.38. The minimum Gasteiger partial charge on any atom is -0.435 e. The number of benzene rings is 1. The van der Waals surface area contributed by atoms with Gasteiger partial charge in [0.15, 0.2) is 0 Å². The molecule has 2 rings (SSSR count). The van der Waals surface area contributed by atoms with Gasteiger partial charge in [-0.2, -0.15) is 14.0 Å². The number of rotatable bonds is 6. The summed E-state index contributed by atoms with van der Waals surface area (Å²) in [6.07, 6.45) is 1.96. The van der Waals surface area contributed by atoms with Crippen molar-refractivity contribution in [3.8, 4) is 11.8 Å². The van der Waals surface area contributed by atoms with Crippen molar-refractivity contribution in [2.24, 2.45) is 0 Å². The second-order valence-corrected chi connectivity index (χ2v) is 5.49. The number of nitriles is 1. The summed E-state index contributed by atoms with van der Waals surface area (Å²) < 4.78 is 28.7. The smallest absolute Gasteiger partial charge is 0.387 e. The van der Waals surface area contributed by atoms with Crippen molar-refractivity contribution in [2.45, 2.75) is 20.0 Å². The van der Waals surface area contributed by atoms with E-state index in [1.165, 1.54) is 35.6 Å². The largest absolute Gasteiger partial charge is 0.435 e. The second kappa shape index (κ2) is 8.12. The Balaban J connectivity index is 2.16. The summed E-state index contributed by atoms with van der Waals surface area (Å²) >= 11 is 1.21. The molecule has 0 unspecified atom stereocenters. The average Bonchev–Trinajstić information content (AvgIpc) is 2.99. The molecule has 0 radical (unpaired) electrons. The lowest BCUT2D eigenvalue weighted by Crippen LogP contribution is -2.13. The number of alkyl halides is 2. The zero-order valence-electron chi connectivity index (χ0n) is 12.5. The highest BCUT2D eigenvalue weighted by Crippen LogP contribution is 2.19. The summed E-state index contributed by atoms with van der Waals surface area (Å²) in [5.41, 5.74) is 0.184. The summed E-state index contributed by atoms with van der Waals surface area (Å²) in [7, 11) is 0. The quantitative estimate of drug-likeness (QED) is 0.638. The van der Waals surface area contributed by atoms with Gasteiger partial charge >= 0.3 is 6.61 Å². The van der Waals surface area contributed by atoms with E-state index in [0.717, 1.165) is 5.01 Å². The molecular weight excluding hydrogens is 338 g/mol. The molecule has 124 valence electrons. The number of ether oxygens (including phenoxy) is 1. The first kappa shape index (κ1) is 17.5. The fourth-order valence-electron chi connectivity index (χ4n) is 1.71. The van der Waals surface area contributed by atoms with E-state index in [1.807, 2.05) is 6.92 Å². The normalized spacial score (nSPS) is 11.2. The lowest BCUT2D eigenvalue weighted by atomic mass is 10.1. The standard InChI is InChI=1S/C15H12F2N4O2S/c1-2-12-20-21-15(24-12)19-13(22)10(8-18)6-9-4-3-5-11(7-9)23-14(16)17/h3-7,14H,2H2,1H3,(H,19,21,22)/b10-6-. The van der Waals surface area contributed by atoms with Crippen molar-refractivity contribution in [2.75, 3.05) is 5.32 Å². The van der Waals surface area contributed by atoms with Crippen LogP contribution in [0.2, 0.25) is 0 Å². The first-order chi connectivity index (χ1) is 11.5. The Morgan fingerprint density at radius 3 is 2.92 bits per heavy atom. The number of carbonyl (C=O) groups excluding carboxylic acids is 1. The van der Waals surface area contributed by atoms with Crippen molar-refractivity contribution in [3.05, 3.63) is 40.4 Å². The summed E-state index contributed by atoms with van der Waals surface area (Å²) in [6, 6.07) is 7.46. The number of nitrogens with one attached hydrogen (secondary N) is 1. The van der Waals surface area contributed by atoms with Gasteiger partial charge in [0, 0.05) is 0 Å². The van der Waals surface area contributed by atoms with Crippen LogP contribution in [-0.2, 0) is 11.2 Å². The van der Waals surface area contributed by atoms with Gasteiger partial charge in [0.1, 0.15) is 22.4 Å². The van der Waals surface area contributed by atoms with Crippen LogP contribution in [0, 0.1) is 11.3 Å². The van der Waals surface area contributed by atoms with Gasteiger partial charge in [-0.25, -0.2) is 0 Å². The van der Waals surface area contributed by atoms with Gasteiger partial charge in [0.25, 0.3) is 5.91 Å². The minimum atomic E-state index is -2.95. The molecule has 0 atom stereocenters. The molecule has 0 bridgehead atoms. The summed E-state index contributed by atoms with van der Waals surface area (Å²) in [5.74, 6) is -0.718. The first-order valence-corrected chi connectivity index (χ1v) is 7.64. The van der Waals surface area contributed by atoms with E-state index in [-0.39, 0.29) is 16.5 Å². The van der Waals surface area contributed by atoms with E-state index >= 15 is 0 Å². The van der Waals surface area contributed by atoms with Gasteiger partial charge in [-0.05, 0) is 30.2 Å². The number of hydrogen-bond acceptors (Lipinski definition) is 6. The van der Waals surface area contributed by atoms with E-state index < -0.39 is 12.5 Å². The van der Waals surface area contributed by atoms with Gasteiger partial charge in [0.2, 0.25) is 5.13 Å². The molecule has 24 heavy (non-hydrogen) atoms. The van der Waals surface area contributed by atoms with Crippen molar-refractivity contribution in [1.29, 1.82) is 5.26 Å². The molecule has 1 aromatic heterocycles. The third-order valence-corrected chi connectivity index (χ3v) is 3.73. The van der Waals surface area contributed by atoms with Gasteiger partial charge in [0.05, 0.1) is 0 Å². The Morgan fingerprint density at radius 2 is 2.29 bits per heavy atom. The summed E-state index contributed by atoms with van der Waals surface area (Å²) in [6.45, 7) is -1.05. The van der Waals surface area contributed by atoms with E-state index in [4.69, 9.17) is 5.26 Å². The predicted molar refractivity (Wildman–Crippen MR) is 84.6 cm³/mol. The molecule has 0 spiro atoms. The van der Waals surface area contributed by atoms with Crippen LogP contribution >= 0.6 is 11.3 Å². The van der Waals surface area contributed by atoms with Crippen LogP contribution in [0.3, 0.4) is 0 Å². The Labute approximate surface area is 140 Å². The maximum atomic E-state index is 12.2. The van der Waals surface area contributed by atoms with Gasteiger partial charge in [-0.3, -0.25) is 10.1 Å². The van der Waals surface area contributed by atoms with Crippen LogP contribution in [0.1, 0.15) is 17.5 Å². The highest BCUT2D eigenvalue weighted by molar-refractivity contribution is 7.15. The number of aromatic nitrogens is 2. The zero-order chi connectivity index (χ0) is 17.5. The molecule has 2 aromatic rings. The van der Waals surface area contributed by atoms with Crippen LogP contribution in [0.5, 0.6) is 5.75 Å². The van der Waals surface area contributed by atoms with E-state index in [1.54, 1.807) is 12.1 Å². The predicted octanol–water partition coefficient (Wildman–Crippen LogP) is 3.25. The van der Waals surface area contributed by atoms with Crippen LogP contribution in [0.4, 0.5) is 13.9 Å². The highest BCUT2D eigenvalue weighted by Gasteiger charge is 2.13. The van der Waals surface area contributed by atoms with E-state index in [9.17, 15) is 13.6 Å². The molecule has 1 N–H and O–H groups in total. The first-order valence-electron chi connectivity index (χ1n) is 6.82. The van der Waals surface area contributed by atoms with Crippen LogP contribution < -0.4 is 10.1 Å². The molecule has 9 heteroatoms. The molecule has 0 aliphatic rings. The van der Waals surface area contributed by atoms with E-state index in [2.05, 4.69) is 20.3 Å². The summed E-state index contributed by atoms with van der Waals surface area (Å²) in [4.78, 5) is 12.1. The molecule has 0 aliphatic heterocycles. The zero-order valence-corrected chi connectivity index (χ0v) is 13.3. The Morgan fingerprint density at radius 1 is 1.50 bits per heavy atom. The lowest BCUT2D eigenvalue weighted by Gasteiger charge is -2.05. The number of aryl methyl sites for hydroxylation is 1.